The second-order valence-electron chi connectivity index (χ2n) is 9.07. The average Bonchev–Trinajstić information content (AvgIpc) is 3.27. The van der Waals surface area contributed by atoms with E-state index < -0.39 is 17.2 Å². The highest BCUT2D eigenvalue weighted by atomic mass is 32.1. The standard InChI is InChI=1S/C21H30N4O4S/c1-7-8-11-24-17-15(16(26)25(19(24)28)21(6)9-10-21)13(2)14(30-17)12-22-23-18(27)29-20(3,4)5/h12H,7-11H2,1-6H3,(H,23,27)/b22-12+. The summed E-state index contributed by atoms with van der Waals surface area (Å²) in [6, 6.07) is 0. The summed E-state index contributed by atoms with van der Waals surface area (Å²) in [6.45, 7) is 11.8. The van der Waals surface area contributed by atoms with E-state index in [0.717, 1.165) is 36.1 Å². The molecular weight excluding hydrogens is 404 g/mol. The number of hydrazone groups is 1. The molecule has 1 saturated carbocycles. The smallest absolute Gasteiger partial charge is 0.428 e. The molecule has 0 radical (unpaired) electrons. The molecule has 1 aliphatic rings. The fraction of sp³-hybridized carbons (Fsp3) is 0.619. The molecular formula is C21H30N4O4S. The molecule has 0 spiro atoms. The number of hydrogen-bond acceptors (Lipinski definition) is 6. The number of carbonyl (C=O) groups is 1. The number of carbonyl (C=O) groups excluding carboxylic acids is 1. The van der Waals surface area contributed by atoms with Crippen LogP contribution in [0.25, 0.3) is 10.2 Å². The number of amides is 1. The average molecular weight is 435 g/mol. The Kier molecular flexibility index (Phi) is 5.95. The summed E-state index contributed by atoms with van der Waals surface area (Å²) in [4.78, 5) is 39.6. The van der Waals surface area contributed by atoms with Crippen molar-refractivity contribution in [2.45, 2.75) is 84.9 Å². The minimum Gasteiger partial charge on any atom is -0.443 e. The second-order valence-corrected chi connectivity index (χ2v) is 10.1. The lowest BCUT2D eigenvalue weighted by atomic mass is 10.2. The van der Waals surface area contributed by atoms with Gasteiger partial charge in [0.15, 0.2) is 0 Å². The van der Waals surface area contributed by atoms with Gasteiger partial charge in [-0.2, -0.15) is 5.10 Å². The minimum absolute atomic E-state index is 0.238. The normalized spacial score (nSPS) is 15.7. The van der Waals surface area contributed by atoms with Crippen molar-refractivity contribution in [2.24, 2.45) is 5.10 Å². The van der Waals surface area contributed by atoms with Crippen LogP contribution in [-0.4, -0.2) is 27.0 Å². The predicted octanol–water partition coefficient (Wildman–Crippen LogP) is 3.70. The van der Waals surface area contributed by atoms with Crippen LogP contribution in [0.15, 0.2) is 14.7 Å². The molecule has 0 saturated heterocycles. The Balaban J connectivity index is 2.05. The van der Waals surface area contributed by atoms with Crippen molar-refractivity contribution in [1.29, 1.82) is 0 Å². The first kappa shape index (κ1) is 22.3. The molecule has 1 N–H and O–H groups in total. The van der Waals surface area contributed by atoms with Crippen LogP contribution in [0.5, 0.6) is 0 Å². The molecule has 8 nitrogen and oxygen atoms in total. The molecule has 0 aromatic carbocycles. The van der Waals surface area contributed by atoms with Gasteiger partial charge >= 0.3 is 11.8 Å². The lowest BCUT2D eigenvalue weighted by molar-refractivity contribution is 0.0529. The molecule has 0 bridgehead atoms. The van der Waals surface area contributed by atoms with E-state index in [0.29, 0.717) is 16.8 Å². The number of nitrogens with one attached hydrogen (secondary N) is 1. The fourth-order valence-electron chi connectivity index (χ4n) is 3.33. The van der Waals surface area contributed by atoms with Gasteiger partial charge in [-0.25, -0.2) is 15.0 Å². The largest absolute Gasteiger partial charge is 0.443 e. The highest BCUT2D eigenvalue weighted by molar-refractivity contribution is 7.20. The summed E-state index contributed by atoms with van der Waals surface area (Å²) in [5.41, 5.74) is 1.62. The lowest BCUT2D eigenvalue weighted by Gasteiger charge is -2.18. The van der Waals surface area contributed by atoms with Gasteiger partial charge in [0.05, 0.1) is 22.0 Å². The Bertz CT molecular complexity index is 1110. The molecule has 0 atom stereocenters. The van der Waals surface area contributed by atoms with E-state index in [1.54, 1.807) is 25.3 Å². The Morgan fingerprint density at radius 1 is 1.33 bits per heavy atom. The van der Waals surface area contributed by atoms with Gasteiger partial charge in [-0.15, -0.1) is 11.3 Å². The molecule has 30 heavy (non-hydrogen) atoms. The Labute approximate surface area is 179 Å². The van der Waals surface area contributed by atoms with Gasteiger partial charge in [0.2, 0.25) is 0 Å². The van der Waals surface area contributed by atoms with E-state index in [2.05, 4.69) is 17.5 Å². The molecule has 1 fully saturated rings. The zero-order valence-electron chi connectivity index (χ0n) is 18.5. The monoisotopic (exact) mass is 434 g/mol. The summed E-state index contributed by atoms with van der Waals surface area (Å²) < 4.78 is 8.32. The molecule has 0 aliphatic heterocycles. The molecule has 3 rings (SSSR count). The first-order chi connectivity index (χ1) is 14.0. The van der Waals surface area contributed by atoms with Crippen LogP contribution in [0.1, 0.15) is 70.7 Å². The first-order valence-electron chi connectivity index (χ1n) is 10.3. The number of ether oxygens (including phenoxy) is 1. The molecule has 9 heteroatoms. The van der Waals surface area contributed by atoms with Crippen LogP contribution in [0, 0.1) is 6.92 Å². The zero-order valence-corrected chi connectivity index (χ0v) is 19.3. The zero-order chi connectivity index (χ0) is 22.3. The quantitative estimate of drug-likeness (QED) is 0.554. The maximum absolute atomic E-state index is 13.3. The Morgan fingerprint density at radius 2 is 2.00 bits per heavy atom. The molecule has 2 aromatic heterocycles. The van der Waals surface area contributed by atoms with Crippen LogP contribution in [-0.2, 0) is 16.8 Å². The summed E-state index contributed by atoms with van der Waals surface area (Å²) in [7, 11) is 0. The van der Waals surface area contributed by atoms with Crippen LogP contribution in [0.3, 0.4) is 0 Å². The molecule has 1 aliphatic carbocycles. The van der Waals surface area contributed by atoms with Crippen molar-refractivity contribution < 1.29 is 9.53 Å². The van der Waals surface area contributed by atoms with Crippen molar-refractivity contribution in [3.63, 3.8) is 0 Å². The van der Waals surface area contributed by atoms with E-state index in [1.807, 2.05) is 13.8 Å². The summed E-state index contributed by atoms with van der Waals surface area (Å²) >= 11 is 1.34. The predicted molar refractivity (Wildman–Crippen MR) is 120 cm³/mol. The van der Waals surface area contributed by atoms with Crippen LogP contribution >= 0.6 is 11.3 Å². The molecule has 1 amide bonds. The van der Waals surface area contributed by atoms with Crippen molar-refractivity contribution in [3.05, 3.63) is 31.3 Å². The first-order valence-corrected chi connectivity index (χ1v) is 11.1. The summed E-state index contributed by atoms with van der Waals surface area (Å²) in [5.74, 6) is 0. The van der Waals surface area contributed by atoms with Crippen molar-refractivity contribution in [3.8, 4) is 0 Å². The SMILES string of the molecule is CCCCn1c(=O)n(C2(C)CC2)c(=O)c2c(C)c(/C=N/NC(=O)OC(C)(C)C)sc21. The van der Waals surface area contributed by atoms with Gasteiger partial charge in [-0.1, -0.05) is 13.3 Å². The number of unbranched alkanes of at least 4 members (excludes halogenated alkanes) is 1. The van der Waals surface area contributed by atoms with Crippen LogP contribution < -0.4 is 16.7 Å². The third-order valence-corrected chi connectivity index (χ3v) is 6.48. The van der Waals surface area contributed by atoms with Crippen molar-refractivity contribution >= 4 is 33.9 Å². The van der Waals surface area contributed by atoms with Crippen LogP contribution in [0.4, 0.5) is 4.79 Å². The fourth-order valence-corrected chi connectivity index (χ4v) is 4.52. The van der Waals surface area contributed by atoms with Gasteiger partial charge < -0.3 is 4.74 Å². The maximum Gasteiger partial charge on any atom is 0.428 e. The number of nitrogens with zero attached hydrogens (tertiary/aromatic N) is 3. The van der Waals surface area contributed by atoms with E-state index in [1.165, 1.54) is 22.1 Å². The summed E-state index contributed by atoms with van der Waals surface area (Å²) in [5, 5.41) is 4.53. The Hall–Kier alpha value is -2.42. The van der Waals surface area contributed by atoms with Gasteiger partial charge in [-0.05, 0) is 59.4 Å². The number of aryl methyl sites for hydroxylation is 2. The lowest BCUT2D eigenvalue weighted by Crippen LogP contribution is -2.44. The highest BCUT2D eigenvalue weighted by Crippen LogP contribution is 2.41. The van der Waals surface area contributed by atoms with E-state index in [-0.39, 0.29) is 11.2 Å². The number of rotatable bonds is 6. The Morgan fingerprint density at radius 3 is 2.57 bits per heavy atom. The van der Waals surface area contributed by atoms with Gasteiger partial charge in [-0.3, -0.25) is 13.9 Å². The van der Waals surface area contributed by atoms with Crippen LogP contribution in [0.2, 0.25) is 0 Å². The van der Waals surface area contributed by atoms with Crippen molar-refractivity contribution in [2.75, 3.05) is 0 Å². The molecule has 164 valence electrons. The van der Waals surface area contributed by atoms with Gasteiger partial charge in [0.1, 0.15) is 10.4 Å². The van der Waals surface area contributed by atoms with Gasteiger partial charge in [0, 0.05) is 6.54 Å². The number of aromatic nitrogens is 2. The highest BCUT2D eigenvalue weighted by Gasteiger charge is 2.42. The topological polar surface area (TPSA) is 94.7 Å². The van der Waals surface area contributed by atoms with E-state index in [9.17, 15) is 14.4 Å². The van der Waals surface area contributed by atoms with E-state index >= 15 is 0 Å². The molecule has 0 unspecified atom stereocenters. The third kappa shape index (κ3) is 4.35. The maximum atomic E-state index is 13.3. The van der Waals surface area contributed by atoms with Crippen molar-refractivity contribution in [1.82, 2.24) is 14.6 Å². The summed E-state index contributed by atoms with van der Waals surface area (Å²) in [6.07, 6.45) is 4.31. The number of fused-ring (bicyclic) bond motifs is 1. The number of thiophene rings is 1. The minimum atomic E-state index is -0.651. The van der Waals surface area contributed by atoms with E-state index in [4.69, 9.17) is 4.74 Å². The van der Waals surface area contributed by atoms with Gasteiger partial charge in [0.25, 0.3) is 5.56 Å². The molecule has 2 heterocycles. The number of hydrogen-bond donors (Lipinski definition) is 1. The second kappa shape index (κ2) is 8.02. The molecule has 2 aromatic rings. The third-order valence-electron chi connectivity index (χ3n) is 5.23.